The summed E-state index contributed by atoms with van der Waals surface area (Å²) in [7, 11) is 1.64. The van der Waals surface area contributed by atoms with Gasteiger partial charge in [0.05, 0.1) is 19.4 Å². The summed E-state index contributed by atoms with van der Waals surface area (Å²) < 4.78 is 11.5. The van der Waals surface area contributed by atoms with Crippen molar-refractivity contribution in [2.75, 3.05) is 19.0 Å². The molecular weight excluding hydrogens is 474 g/mol. The Morgan fingerprint density at radius 1 is 1.06 bits per heavy atom. The highest BCUT2D eigenvalue weighted by Crippen LogP contribution is 2.34. The zero-order valence-electron chi connectivity index (χ0n) is 17.4. The summed E-state index contributed by atoms with van der Waals surface area (Å²) in [6.07, 6.45) is 3.23. The minimum atomic E-state index is -0.364. The maximum absolute atomic E-state index is 11.9. The maximum atomic E-state index is 11.9. The highest BCUT2D eigenvalue weighted by molar-refractivity contribution is 9.10. The topological polar surface area (TPSA) is 47.6 Å². The highest BCUT2D eigenvalue weighted by atomic mass is 79.9. The molecule has 0 heterocycles. The fourth-order valence-corrected chi connectivity index (χ4v) is 4.13. The monoisotopic (exact) mass is 497 g/mol. The first-order chi connectivity index (χ1) is 15.1. The third kappa shape index (κ3) is 6.91. The molecule has 0 radical (unpaired) electrons. The molecule has 1 N–H and O–H groups in total. The van der Waals surface area contributed by atoms with Crippen LogP contribution in [-0.2, 0) is 15.3 Å². The Kier molecular flexibility index (Phi) is 8.62. The van der Waals surface area contributed by atoms with E-state index in [1.54, 1.807) is 31.9 Å². The van der Waals surface area contributed by atoms with Gasteiger partial charge in [0.25, 0.3) is 0 Å². The molecule has 4 nitrogen and oxygen atoms in total. The summed E-state index contributed by atoms with van der Waals surface area (Å²) in [4.78, 5) is 13.0. The Morgan fingerprint density at radius 2 is 1.84 bits per heavy atom. The number of hydrogen-bond acceptors (Lipinski definition) is 5. The van der Waals surface area contributed by atoms with Gasteiger partial charge in [-0.25, -0.2) is 4.79 Å². The number of hydrogen-bond donors (Lipinski definition) is 1. The van der Waals surface area contributed by atoms with Crippen LogP contribution in [0.3, 0.4) is 0 Å². The third-order valence-electron chi connectivity index (χ3n) is 4.39. The standard InChI is InChI=1S/C25H24BrNO3S/c1-3-30-25(28)14-9-19-15-21(31-17-18-7-5-4-6-8-18)11-13-22(19)27-23-12-10-20(26)16-24(23)29-2/h4-16,27H,3,17H2,1-2H3/b14-9+. The van der Waals surface area contributed by atoms with Crippen LogP contribution in [0.15, 0.2) is 82.2 Å². The van der Waals surface area contributed by atoms with Gasteiger partial charge in [0.15, 0.2) is 0 Å². The maximum Gasteiger partial charge on any atom is 0.330 e. The van der Waals surface area contributed by atoms with Crippen LogP contribution in [0.4, 0.5) is 11.4 Å². The second-order valence-corrected chi connectivity index (χ2v) is 8.54. The number of carbonyl (C=O) groups excluding carboxylic acids is 1. The van der Waals surface area contributed by atoms with E-state index in [0.29, 0.717) is 6.61 Å². The fourth-order valence-electron chi connectivity index (χ4n) is 2.88. The Labute approximate surface area is 195 Å². The van der Waals surface area contributed by atoms with E-state index in [1.165, 1.54) is 11.6 Å². The number of carbonyl (C=O) groups is 1. The predicted octanol–water partition coefficient (Wildman–Crippen LogP) is 7.07. The van der Waals surface area contributed by atoms with Gasteiger partial charge in [-0.05, 0) is 60.5 Å². The van der Waals surface area contributed by atoms with Crippen LogP contribution in [0.1, 0.15) is 18.1 Å². The molecule has 31 heavy (non-hydrogen) atoms. The molecule has 3 aromatic carbocycles. The molecule has 160 valence electrons. The van der Waals surface area contributed by atoms with Crippen molar-refractivity contribution >= 4 is 51.1 Å². The van der Waals surface area contributed by atoms with Crippen LogP contribution in [-0.4, -0.2) is 19.7 Å². The Hall–Kier alpha value is -2.70. The van der Waals surface area contributed by atoms with Gasteiger partial charge in [-0.3, -0.25) is 0 Å². The fraction of sp³-hybridized carbons (Fsp3) is 0.160. The van der Waals surface area contributed by atoms with Gasteiger partial charge in [-0.1, -0.05) is 46.3 Å². The summed E-state index contributed by atoms with van der Waals surface area (Å²) in [5.41, 5.74) is 3.85. The minimum absolute atomic E-state index is 0.345. The van der Waals surface area contributed by atoms with Crippen molar-refractivity contribution in [1.29, 1.82) is 0 Å². The molecule has 3 rings (SSSR count). The van der Waals surface area contributed by atoms with Crippen LogP contribution >= 0.6 is 27.7 Å². The van der Waals surface area contributed by atoms with E-state index in [2.05, 4.69) is 45.5 Å². The van der Waals surface area contributed by atoms with Crippen molar-refractivity contribution in [1.82, 2.24) is 0 Å². The first-order valence-corrected chi connectivity index (χ1v) is 11.6. The SMILES string of the molecule is CCOC(=O)/C=C/c1cc(SCc2ccccc2)ccc1Nc1ccc(Br)cc1OC. The summed E-state index contributed by atoms with van der Waals surface area (Å²) in [5, 5.41) is 3.42. The molecule has 0 aliphatic carbocycles. The molecule has 0 saturated carbocycles. The molecule has 0 amide bonds. The number of anilines is 2. The number of thioether (sulfide) groups is 1. The van der Waals surface area contributed by atoms with Crippen molar-refractivity contribution < 1.29 is 14.3 Å². The van der Waals surface area contributed by atoms with Crippen LogP contribution in [0, 0.1) is 0 Å². The van der Waals surface area contributed by atoms with Gasteiger partial charge in [-0.2, -0.15) is 0 Å². The number of benzene rings is 3. The summed E-state index contributed by atoms with van der Waals surface area (Å²) >= 11 is 5.21. The molecule has 0 aliphatic rings. The molecule has 0 bridgehead atoms. The van der Waals surface area contributed by atoms with Gasteiger partial charge in [-0.15, -0.1) is 11.8 Å². The van der Waals surface area contributed by atoms with Crippen molar-refractivity contribution in [3.63, 3.8) is 0 Å². The second-order valence-electron chi connectivity index (χ2n) is 6.58. The molecule has 3 aromatic rings. The molecule has 0 unspecified atom stereocenters. The molecule has 0 aliphatic heterocycles. The van der Waals surface area contributed by atoms with Crippen LogP contribution in [0.25, 0.3) is 6.08 Å². The highest BCUT2D eigenvalue weighted by Gasteiger charge is 2.09. The van der Waals surface area contributed by atoms with E-state index < -0.39 is 0 Å². The average molecular weight is 498 g/mol. The van der Waals surface area contributed by atoms with Gasteiger partial charge >= 0.3 is 5.97 Å². The summed E-state index contributed by atoms with van der Waals surface area (Å²) in [5.74, 6) is 1.23. The number of nitrogens with one attached hydrogen (secondary N) is 1. The number of ether oxygens (including phenoxy) is 2. The molecule has 0 saturated heterocycles. The zero-order chi connectivity index (χ0) is 22.1. The molecule has 0 spiro atoms. The van der Waals surface area contributed by atoms with Gasteiger partial charge in [0.1, 0.15) is 5.75 Å². The smallest absolute Gasteiger partial charge is 0.330 e. The van der Waals surface area contributed by atoms with E-state index in [-0.39, 0.29) is 5.97 Å². The predicted molar refractivity (Wildman–Crippen MR) is 132 cm³/mol. The lowest BCUT2D eigenvalue weighted by Crippen LogP contribution is -2.00. The van der Waals surface area contributed by atoms with E-state index in [1.807, 2.05) is 42.5 Å². The number of esters is 1. The Balaban J connectivity index is 1.87. The van der Waals surface area contributed by atoms with Crippen LogP contribution in [0.2, 0.25) is 0 Å². The summed E-state index contributed by atoms with van der Waals surface area (Å²) in [6.45, 7) is 2.14. The number of methoxy groups -OCH3 is 1. The van der Waals surface area contributed by atoms with Gasteiger partial charge in [0.2, 0.25) is 0 Å². The third-order valence-corrected chi connectivity index (χ3v) is 5.95. The Bertz CT molecular complexity index is 1050. The van der Waals surface area contributed by atoms with Crippen LogP contribution < -0.4 is 10.1 Å². The lowest BCUT2D eigenvalue weighted by Gasteiger charge is -2.15. The quantitative estimate of drug-likeness (QED) is 0.194. The first-order valence-electron chi connectivity index (χ1n) is 9.85. The van der Waals surface area contributed by atoms with E-state index >= 15 is 0 Å². The van der Waals surface area contributed by atoms with E-state index in [0.717, 1.165) is 37.8 Å². The minimum Gasteiger partial charge on any atom is -0.495 e. The van der Waals surface area contributed by atoms with Crippen molar-refractivity contribution in [2.45, 2.75) is 17.6 Å². The Morgan fingerprint density at radius 3 is 2.58 bits per heavy atom. The average Bonchev–Trinajstić information content (AvgIpc) is 2.79. The first kappa shape index (κ1) is 23.0. The lowest BCUT2D eigenvalue weighted by atomic mass is 10.1. The largest absolute Gasteiger partial charge is 0.495 e. The molecule has 0 aromatic heterocycles. The molecule has 0 fully saturated rings. The molecular formula is C25H24BrNO3S. The molecule has 6 heteroatoms. The normalized spacial score (nSPS) is 10.8. The lowest BCUT2D eigenvalue weighted by molar-refractivity contribution is -0.137. The van der Waals surface area contributed by atoms with Gasteiger partial charge in [0, 0.05) is 26.9 Å². The van der Waals surface area contributed by atoms with E-state index in [9.17, 15) is 4.79 Å². The molecule has 0 atom stereocenters. The number of rotatable bonds is 9. The van der Waals surface area contributed by atoms with Crippen molar-refractivity contribution in [3.8, 4) is 5.75 Å². The van der Waals surface area contributed by atoms with Crippen LogP contribution in [0.5, 0.6) is 5.75 Å². The summed E-state index contributed by atoms with van der Waals surface area (Å²) in [6, 6.07) is 22.3. The van der Waals surface area contributed by atoms with E-state index in [4.69, 9.17) is 9.47 Å². The second kappa shape index (κ2) is 11.6. The zero-order valence-corrected chi connectivity index (χ0v) is 19.8. The van der Waals surface area contributed by atoms with Crippen molar-refractivity contribution in [3.05, 3.63) is 88.4 Å². The van der Waals surface area contributed by atoms with Gasteiger partial charge < -0.3 is 14.8 Å². The van der Waals surface area contributed by atoms with Crippen molar-refractivity contribution in [2.24, 2.45) is 0 Å². The number of halogens is 1.